The Labute approximate surface area is 166 Å². The molecule has 26 heavy (non-hydrogen) atoms. The van der Waals surface area contributed by atoms with Crippen LogP contribution in [0, 0.1) is 5.92 Å². The molecule has 2 heterocycles. The van der Waals surface area contributed by atoms with Crippen molar-refractivity contribution in [2.24, 2.45) is 5.92 Å². The molecule has 0 spiro atoms. The Balaban J connectivity index is 0.00000243. The van der Waals surface area contributed by atoms with E-state index in [4.69, 9.17) is 21.1 Å². The van der Waals surface area contributed by atoms with E-state index in [1.807, 2.05) is 23.1 Å². The summed E-state index contributed by atoms with van der Waals surface area (Å²) in [6.45, 7) is 3.85. The van der Waals surface area contributed by atoms with Crippen LogP contribution in [-0.4, -0.2) is 56.8 Å². The molecule has 1 N–H and O–H groups in total. The van der Waals surface area contributed by atoms with Gasteiger partial charge in [0.1, 0.15) is 5.75 Å². The Hall–Kier alpha value is -1.01. The number of nitrogens with one attached hydrogen (secondary N) is 1. The van der Waals surface area contributed by atoms with Crippen molar-refractivity contribution in [1.82, 2.24) is 10.2 Å². The molecular weight excluding hydrogens is 375 g/mol. The van der Waals surface area contributed by atoms with E-state index in [0.29, 0.717) is 18.9 Å². The van der Waals surface area contributed by atoms with E-state index < -0.39 is 0 Å². The maximum atomic E-state index is 12.6. The third kappa shape index (κ3) is 5.74. The maximum Gasteiger partial charge on any atom is 0.224 e. The fraction of sp³-hybridized carbons (Fsp3) is 0.632. The minimum Gasteiger partial charge on any atom is -0.496 e. The molecule has 2 aliphatic rings. The molecule has 1 aromatic carbocycles. The minimum absolute atomic E-state index is 0. The Kier molecular flexibility index (Phi) is 8.48. The number of carbonyl (C=O) groups is 1. The van der Waals surface area contributed by atoms with Crippen LogP contribution in [0.2, 0.25) is 5.02 Å². The normalized spacial score (nSPS) is 23.2. The predicted molar refractivity (Wildman–Crippen MR) is 105 cm³/mol. The van der Waals surface area contributed by atoms with Crippen molar-refractivity contribution in [3.63, 3.8) is 0 Å². The second kappa shape index (κ2) is 10.4. The lowest BCUT2D eigenvalue weighted by atomic mass is 9.90. The van der Waals surface area contributed by atoms with E-state index in [9.17, 15) is 4.79 Å². The summed E-state index contributed by atoms with van der Waals surface area (Å²) in [7, 11) is 1.68. The average molecular weight is 403 g/mol. The summed E-state index contributed by atoms with van der Waals surface area (Å²) in [4.78, 5) is 14.6. The largest absolute Gasteiger partial charge is 0.496 e. The number of benzene rings is 1. The van der Waals surface area contributed by atoms with Gasteiger partial charge in [-0.15, -0.1) is 12.4 Å². The van der Waals surface area contributed by atoms with Crippen LogP contribution >= 0.6 is 24.0 Å². The molecule has 0 radical (unpaired) electrons. The minimum atomic E-state index is 0. The highest BCUT2D eigenvalue weighted by molar-refractivity contribution is 6.30. The van der Waals surface area contributed by atoms with E-state index in [1.54, 1.807) is 7.11 Å². The van der Waals surface area contributed by atoms with Gasteiger partial charge in [0.05, 0.1) is 20.3 Å². The van der Waals surface area contributed by atoms with Crippen LogP contribution in [0.5, 0.6) is 5.75 Å². The number of carbonyl (C=O) groups excluding carboxylic acids is 1. The van der Waals surface area contributed by atoms with E-state index in [-0.39, 0.29) is 24.4 Å². The van der Waals surface area contributed by atoms with Crippen molar-refractivity contribution >= 4 is 29.9 Å². The summed E-state index contributed by atoms with van der Waals surface area (Å²) in [6.07, 6.45) is 3.59. The predicted octanol–water partition coefficient (Wildman–Crippen LogP) is 2.93. The lowest BCUT2D eigenvalue weighted by Crippen LogP contribution is -2.47. The van der Waals surface area contributed by atoms with Crippen LogP contribution in [0.1, 0.15) is 24.8 Å². The Morgan fingerprint density at radius 1 is 1.46 bits per heavy atom. The number of rotatable bonds is 5. The van der Waals surface area contributed by atoms with Crippen molar-refractivity contribution in [3.05, 3.63) is 28.8 Å². The van der Waals surface area contributed by atoms with Crippen LogP contribution in [0.4, 0.5) is 0 Å². The number of hydrogen-bond acceptors (Lipinski definition) is 4. The van der Waals surface area contributed by atoms with Gasteiger partial charge in [-0.1, -0.05) is 11.6 Å². The van der Waals surface area contributed by atoms with Gasteiger partial charge in [-0.2, -0.15) is 0 Å². The highest BCUT2D eigenvalue weighted by Crippen LogP contribution is 2.28. The smallest absolute Gasteiger partial charge is 0.224 e. The molecule has 1 aromatic rings. The van der Waals surface area contributed by atoms with Gasteiger partial charge in [0.15, 0.2) is 0 Å². The Morgan fingerprint density at radius 3 is 3.04 bits per heavy atom. The molecule has 2 atom stereocenters. The summed E-state index contributed by atoms with van der Waals surface area (Å²) in [5.41, 5.74) is 1.12. The first-order valence-corrected chi connectivity index (χ1v) is 9.45. The van der Waals surface area contributed by atoms with Crippen molar-refractivity contribution in [2.75, 3.05) is 40.0 Å². The highest BCUT2D eigenvalue weighted by atomic mass is 35.5. The van der Waals surface area contributed by atoms with Crippen molar-refractivity contribution < 1.29 is 14.3 Å². The Bertz CT molecular complexity index is 594. The number of likely N-dealkylation sites (tertiary alicyclic amines) is 1. The van der Waals surface area contributed by atoms with Gasteiger partial charge in [-0.3, -0.25) is 4.79 Å². The van der Waals surface area contributed by atoms with Gasteiger partial charge in [0.25, 0.3) is 0 Å². The maximum absolute atomic E-state index is 12.6. The average Bonchev–Trinajstić information content (AvgIpc) is 2.63. The lowest BCUT2D eigenvalue weighted by molar-refractivity contribution is -0.134. The molecule has 3 rings (SSSR count). The topological polar surface area (TPSA) is 50.8 Å². The first-order valence-electron chi connectivity index (χ1n) is 9.07. The van der Waals surface area contributed by atoms with Gasteiger partial charge in [0.2, 0.25) is 5.91 Å². The van der Waals surface area contributed by atoms with Gasteiger partial charge in [0, 0.05) is 37.1 Å². The zero-order chi connectivity index (χ0) is 17.6. The fourth-order valence-electron chi connectivity index (χ4n) is 3.77. The molecular formula is C19H28Cl2N2O3. The molecule has 2 fully saturated rings. The monoisotopic (exact) mass is 402 g/mol. The molecule has 0 saturated carbocycles. The van der Waals surface area contributed by atoms with Gasteiger partial charge in [-0.05, 0) is 48.9 Å². The highest BCUT2D eigenvalue weighted by Gasteiger charge is 2.27. The van der Waals surface area contributed by atoms with Crippen LogP contribution in [0.3, 0.4) is 0 Å². The first-order chi connectivity index (χ1) is 12.2. The number of amides is 1. The molecule has 7 heteroatoms. The van der Waals surface area contributed by atoms with Gasteiger partial charge in [-0.25, -0.2) is 0 Å². The van der Waals surface area contributed by atoms with Crippen molar-refractivity contribution in [3.8, 4) is 5.75 Å². The van der Waals surface area contributed by atoms with E-state index in [1.165, 1.54) is 0 Å². The van der Waals surface area contributed by atoms with Crippen LogP contribution in [0.15, 0.2) is 18.2 Å². The number of ether oxygens (including phenoxy) is 2. The molecule has 5 nitrogen and oxygen atoms in total. The van der Waals surface area contributed by atoms with E-state index >= 15 is 0 Å². The third-order valence-electron chi connectivity index (χ3n) is 5.04. The number of halogens is 2. The van der Waals surface area contributed by atoms with E-state index in [2.05, 4.69) is 5.32 Å². The second-order valence-corrected chi connectivity index (χ2v) is 7.37. The van der Waals surface area contributed by atoms with Gasteiger partial charge >= 0.3 is 0 Å². The zero-order valence-electron chi connectivity index (χ0n) is 15.2. The second-order valence-electron chi connectivity index (χ2n) is 6.94. The summed E-state index contributed by atoms with van der Waals surface area (Å²) < 4.78 is 10.9. The number of morpholine rings is 1. The quantitative estimate of drug-likeness (QED) is 0.822. The molecule has 2 aliphatic heterocycles. The number of hydrogen-bond donors (Lipinski definition) is 1. The summed E-state index contributed by atoms with van der Waals surface area (Å²) >= 11 is 6.14. The van der Waals surface area contributed by atoms with Crippen LogP contribution < -0.4 is 10.1 Å². The summed E-state index contributed by atoms with van der Waals surface area (Å²) in [6, 6.07) is 5.89. The van der Waals surface area contributed by atoms with Gasteiger partial charge < -0.3 is 19.7 Å². The molecule has 1 amide bonds. The standard InChI is InChI=1S/C19H27ClN2O3.ClH/c1-24-18-5-4-16(20)10-15(18)9-14-3-2-7-22(12-14)19(23)11-17-13-25-8-6-21-17;/h4-5,10,14,17,21H,2-3,6-9,11-13H2,1H3;1H. The fourth-order valence-corrected chi connectivity index (χ4v) is 3.96. The van der Waals surface area contributed by atoms with Crippen LogP contribution in [0.25, 0.3) is 0 Å². The molecule has 2 saturated heterocycles. The third-order valence-corrected chi connectivity index (χ3v) is 5.28. The zero-order valence-corrected chi connectivity index (χ0v) is 16.8. The molecule has 0 aromatic heterocycles. The number of nitrogens with zero attached hydrogens (tertiary/aromatic N) is 1. The van der Waals surface area contributed by atoms with Crippen molar-refractivity contribution in [1.29, 1.82) is 0 Å². The van der Waals surface area contributed by atoms with Crippen molar-refractivity contribution in [2.45, 2.75) is 31.7 Å². The Morgan fingerprint density at radius 2 is 2.31 bits per heavy atom. The number of methoxy groups -OCH3 is 1. The molecule has 0 bridgehead atoms. The molecule has 2 unspecified atom stereocenters. The molecule has 146 valence electrons. The van der Waals surface area contributed by atoms with Crippen LogP contribution in [-0.2, 0) is 16.0 Å². The number of piperidine rings is 1. The summed E-state index contributed by atoms with van der Waals surface area (Å²) in [5, 5.41) is 4.08. The lowest BCUT2D eigenvalue weighted by Gasteiger charge is -2.34. The molecule has 0 aliphatic carbocycles. The first kappa shape index (κ1) is 21.3. The van der Waals surface area contributed by atoms with E-state index in [0.717, 1.165) is 61.8 Å². The summed E-state index contributed by atoms with van der Waals surface area (Å²) in [5.74, 6) is 1.54. The SMILES string of the molecule is COc1ccc(Cl)cc1CC1CCCN(C(=O)CC2COCCN2)C1.Cl.